The summed E-state index contributed by atoms with van der Waals surface area (Å²) in [5.41, 5.74) is 0. The first kappa shape index (κ1) is 7.11. The van der Waals surface area contributed by atoms with Crippen LogP contribution in [0.15, 0.2) is 0 Å². The van der Waals surface area contributed by atoms with Crippen molar-refractivity contribution < 1.29 is 4.79 Å². The lowest BCUT2D eigenvalue weighted by molar-refractivity contribution is -0.141. The fourth-order valence-electron chi connectivity index (χ4n) is 3.98. The lowest BCUT2D eigenvalue weighted by Gasteiger charge is -2.50. The first-order valence-electron chi connectivity index (χ1n) is 5.40. The Bertz CT molecular complexity index is 221. The molecule has 0 unspecified atom stereocenters. The molecule has 0 bridgehead atoms. The van der Waals surface area contributed by atoms with E-state index in [9.17, 15) is 4.79 Å². The highest BCUT2D eigenvalue weighted by Gasteiger charge is 2.55. The number of fused-ring (bicyclic) bond motifs is 4. The fraction of sp³-hybridized carbons (Fsp3) is 0.909. The van der Waals surface area contributed by atoms with Crippen LogP contribution in [0.1, 0.15) is 38.5 Å². The van der Waals surface area contributed by atoms with Crippen molar-refractivity contribution >= 4 is 5.78 Å². The normalized spacial score (nSPS) is 51.2. The molecule has 12 heavy (non-hydrogen) atoms. The van der Waals surface area contributed by atoms with E-state index in [1.807, 2.05) is 0 Å². The zero-order valence-corrected chi connectivity index (χ0v) is 7.46. The van der Waals surface area contributed by atoms with Crippen LogP contribution in [-0.4, -0.2) is 5.78 Å². The lowest BCUT2D eigenvalue weighted by Crippen LogP contribution is -2.50. The third-order valence-corrected chi connectivity index (χ3v) is 4.43. The Morgan fingerprint density at radius 1 is 0.917 bits per heavy atom. The Morgan fingerprint density at radius 2 is 1.58 bits per heavy atom. The van der Waals surface area contributed by atoms with Crippen molar-refractivity contribution in [3.8, 4) is 0 Å². The molecular weight excluding hydrogens is 148 g/mol. The van der Waals surface area contributed by atoms with Gasteiger partial charge < -0.3 is 0 Å². The molecule has 0 spiro atoms. The molecule has 3 rings (SSSR count). The minimum Gasteiger partial charge on any atom is -0.299 e. The smallest absolute Gasteiger partial charge is 0.136 e. The second kappa shape index (κ2) is 2.34. The monoisotopic (exact) mass is 164 g/mol. The maximum Gasteiger partial charge on any atom is 0.136 e. The summed E-state index contributed by atoms with van der Waals surface area (Å²) in [4.78, 5) is 11.6. The van der Waals surface area contributed by atoms with Crippen molar-refractivity contribution in [1.82, 2.24) is 0 Å². The Hall–Kier alpha value is -0.330. The SMILES string of the molecule is O=C1CCC[C@H]2[C@@H]3CCC[C@@H]3[C@@H]12. The molecule has 3 saturated carbocycles. The highest BCUT2D eigenvalue weighted by atomic mass is 16.1. The number of rotatable bonds is 0. The van der Waals surface area contributed by atoms with Crippen LogP contribution in [0.5, 0.6) is 0 Å². The van der Waals surface area contributed by atoms with Gasteiger partial charge in [0.25, 0.3) is 0 Å². The predicted molar refractivity (Wildman–Crippen MR) is 46.7 cm³/mol. The topological polar surface area (TPSA) is 17.1 Å². The molecule has 0 amide bonds. The van der Waals surface area contributed by atoms with Gasteiger partial charge in [0.2, 0.25) is 0 Å². The molecule has 0 heterocycles. The summed E-state index contributed by atoms with van der Waals surface area (Å²) in [6.45, 7) is 0. The van der Waals surface area contributed by atoms with E-state index >= 15 is 0 Å². The molecule has 0 aliphatic heterocycles. The molecule has 3 aliphatic rings. The molecule has 0 saturated heterocycles. The average Bonchev–Trinajstić information content (AvgIpc) is 2.43. The summed E-state index contributed by atoms with van der Waals surface area (Å²) in [5.74, 6) is 3.78. The van der Waals surface area contributed by atoms with Crippen LogP contribution < -0.4 is 0 Å². The summed E-state index contributed by atoms with van der Waals surface area (Å²) in [6, 6.07) is 0. The van der Waals surface area contributed by atoms with E-state index in [0.29, 0.717) is 11.7 Å². The molecule has 3 aliphatic carbocycles. The van der Waals surface area contributed by atoms with Gasteiger partial charge in [0.05, 0.1) is 0 Å². The van der Waals surface area contributed by atoms with Crippen LogP contribution in [-0.2, 0) is 4.79 Å². The van der Waals surface area contributed by atoms with Gasteiger partial charge in [0.15, 0.2) is 0 Å². The van der Waals surface area contributed by atoms with Crippen LogP contribution in [0.3, 0.4) is 0 Å². The maximum absolute atomic E-state index is 11.6. The standard InChI is InChI=1S/C11H16O/c12-10-6-2-5-9-7-3-1-4-8(7)11(9)10/h7-9,11H,1-6H2/t7-,8+,9+,11-/m1/s1. The van der Waals surface area contributed by atoms with E-state index in [2.05, 4.69) is 0 Å². The number of hydrogen-bond donors (Lipinski definition) is 0. The summed E-state index contributed by atoms with van der Waals surface area (Å²) in [5, 5.41) is 0. The van der Waals surface area contributed by atoms with Gasteiger partial charge in [0, 0.05) is 12.3 Å². The van der Waals surface area contributed by atoms with Crippen molar-refractivity contribution in [2.24, 2.45) is 23.7 Å². The van der Waals surface area contributed by atoms with E-state index in [0.717, 1.165) is 24.2 Å². The fourth-order valence-corrected chi connectivity index (χ4v) is 3.98. The van der Waals surface area contributed by atoms with E-state index in [4.69, 9.17) is 0 Å². The molecule has 0 aromatic heterocycles. The van der Waals surface area contributed by atoms with Gasteiger partial charge in [-0.25, -0.2) is 0 Å². The minimum atomic E-state index is 0.534. The number of carbonyl (C=O) groups excluding carboxylic acids is 1. The van der Waals surface area contributed by atoms with E-state index in [1.165, 1.54) is 32.1 Å². The molecule has 0 aromatic carbocycles. The Balaban J connectivity index is 1.84. The third-order valence-electron chi connectivity index (χ3n) is 4.43. The van der Waals surface area contributed by atoms with E-state index in [1.54, 1.807) is 0 Å². The zero-order chi connectivity index (χ0) is 8.13. The van der Waals surface area contributed by atoms with E-state index < -0.39 is 0 Å². The van der Waals surface area contributed by atoms with Crippen LogP contribution >= 0.6 is 0 Å². The van der Waals surface area contributed by atoms with Crippen LogP contribution in [0.4, 0.5) is 0 Å². The summed E-state index contributed by atoms with van der Waals surface area (Å²) in [6.07, 6.45) is 7.62. The molecule has 66 valence electrons. The van der Waals surface area contributed by atoms with Gasteiger partial charge >= 0.3 is 0 Å². The van der Waals surface area contributed by atoms with Crippen LogP contribution in [0, 0.1) is 23.7 Å². The quantitative estimate of drug-likeness (QED) is 0.537. The Labute approximate surface area is 73.5 Å². The van der Waals surface area contributed by atoms with Crippen molar-refractivity contribution in [3.63, 3.8) is 0 Å². The number of ketones is 1. The predicted octanol–water partition coefficient (Wildman–Crippen LogP) is 2.40. The van der Waals surface area contributed by atoms with Crippen molar-refractivity contribution in [2.75, 3.05) is 0 Å². The van der Waals surface area contributed by atoms with Gasteiger partial charge in [-0.3, -0.25) is 4.79 Å². The molecule has 3 fully saturated rings. The number of carbonyl (C=O) groups is 1. The summed E-state index contributed by atoms with van der Waals surface area (Å²) in [7, 11) is 0. The highest BCUT2D eigenvalue weighted by molar-refractivity contribution is 5.83. The molecule has 1 heteroatoms. The second-order valence-electron chi connectivity index (χ2n) is 4.81. The number of hydrogen-bond acceptors (Lipinski definition) is 1. The lowest BCUT2D eigenvalue weighted by atomic mass is 9.53. The largest absolute Gasteiger partial charge is 0.299 e. The average molecular weight is 164 g/mol. The maximum atomic E-state index is 11.6. The molecule has 0 N–H and O–H groups in total. The Kier molecular flexibility index (Phi) is 1.38. The molecule has 0 aromatic rings. The second-order valence-corrected chi connectivity index (χ2v) is 4.81. The molecule has 0 radical (unpaired) electrons. The summed E-state index contributed by atoms with van der Waals surface area (Å²) >= 11 is 0. The number of Topliss-reactive ketones (excluding diaryl/α,β-unsaturated/α-hetero) is 1. The third kappa shape index (κ3) is 0.725. The Morgan fingerprint density at radius 3 is 2.42 bits per heavy atom. The van der Waals surface area contributed by atoms with Gasteiger partial charge in [-0.1, -0.05) is 6.42 Å². The van der Waals surface area contributed by atoms with Gasteiger partial charge in [-0.15, -0.1) is 0 Å². The van der Waals surface area contributed by atoms with Crippen molar-refractivity contribution in [2.45, 2.75) is 38.5 Å². The van der Waals surface area contributed by atoms with Gasteiger partial charge in [0.1, 0.15) is 5.78 Å². The highest BCUT2D eigenvalue weighted by Crippen LogP contribution is 2.59. The van der Waals surface area contributed by atoms with Crippen LogP contribution in [0.2, 0.25) is 0 Å². The zero-order valence-electron chi connectivity index (χ0n) is 7.46. The first-order chi connectivity index (χ1) is 5.88. The molecule has 1 nitrogen and oxygen atoms in total. The molecule has 4 atom stereocenters. The van der Waals surface area contributed by atoms with Crippen molar-refractivity contribution in [3.05, 3.63) is 0 Å². The summed E-state index contributed by atoms with van der Waals surface area (Å²) < 4.78 is 0. The first-order valence-corrected chi connectivity index (χ1v) is 5.40. The van der Waals surface area contributed by atoms with Gasteiger partial charge in [-0.05, 0) is 43.4 Å². The van der Waals surface area contributed by atoms with E-state index in [-0.39, 0.29) is 0 Å². The van der Waals surface area contributed by atoms with Crippen molar-refractivity contribution in [1.29, 1.82) is 0 Å². The van der Waals surface area contributed by atoms with Gasteiger partial charge in [-0.2, -0.15) is 0 Å². The van der Waals surface area contributed by atoms with Crippen LogP contribution in [0.25, 0.3) is 0 Å². The minimum absolute atomic E-state index is 0.534. The molecular formula is C11H16O.